The smallest absolute Gasteiger partial charge is 0.248 e. The number of amides is 2. The number of carbonyl (C=O) groups is 2. The number of nitrogens with two attached hydrogens (primary N) is 1. The minimum absolute atomic E-state index is 0.0282. The first-order chi connectivity index (χ1) is 10.5. The Kier molecular flexibility index (Phi) is 4.95. The molecule has 0 unspecified atom stereocenters. The van der Waals surface area contributed by atoms with E-state index in [2.05, 4.69) is 10.6 Å². The van der Waals surface area contributed by atoms with Gasteiger partial charge in [-0.05, 0) is 36.4 Å². The number of halogens is 2. The average molecular weight is 322 g/mol. The van der Waals surface area contributed by atoms with E-state index in [1.54, 1.807) is 18.2 Å². The lowest BCUT2D eigenvalue weighted by Gasteiger charge is -2.09. The minimum Gasteiger partial charge on any atom is -0.376 e. The van der Waals surface area contributed by atoms with Crippen molar-refractivity contribution in [1.82, 2.24) is 0 Å². The van der Waals surface area contributed by atoms with E-state index >= 15 is 0 Å². The van der Waals surface area contributed by atoms with Gasteiger partial charge in [0, 0.05) is 16.9 Å². The van der Waals surface area contributed by atoms with Gasteiger partial charge in [-0.25, -0.2) is 4.39 Å². The summed E-state index contributed by atoms with van der Waals surface area (Å²) in [7, 11) is 0. The molecule has 2 rings (SSSR count). The first-order valence-corrected chi connectivity index (χ1v) is 6.72. The second-order valence-electron chi connectivity index (χ2n) is 4.48. The molecule has 114 valence electrons. The third-order valence-corrected chi connectivity index (χ3v) is 3.09. The first kappa shape index (κ1) is 15.8. The monoisotopic (exact) mass is 321 g/mol. The highest BCUT2D eigenvalue weighted by molar-refractivity contribution is 6.31. The van der Waals surface area contributed by atoms with Crippen LogP contribution in [0.1, 0.15) is 10.4 Å². The van der Waals surface area contributed by atoms with E-state index in [9.17, 15) is 14.0 Å². The lowest BCUT2D eigenvalue weighted by molar-refractivity contribution is -0.114. The predicted octanol–water partition coefficient (Wildman–Crippen LogP) is 2.63. The molecule has 2 amide bonds. The molecule has 2 aromatic rings. The van der Waals surface area contributed by atoms with Gasteiger partial charge in [0.1, 0.15) is 5.82 Å². The van der Waals surface area contributed by atoms with Crippen LogP contribution in [0.4, 0.5) is 15.8 Å². The molecule has 0 aliphatic heterocycles. The highest BCUT2D eigenvalue weighted by Gasteiger charge is 2.06. The highest BCUT2D eigenvalue weighted by Crippen LogP contribution is 2.19. The normalized spacial score (nSPS) is 10.1. The molecule has 7 heteroatoms. The molecule has 0 aliphatic rings. The number of anilines is 2. The largest absolute Gasteiger partial charge is 0.376 e. The van der Waals surface area contributed by atoms with E-state index in [-0.39, 0.29) is 17.5 Å². The van der Waals surface area contributed by atoms with Crippen LogP contribution in [0.5, 0.6) is 0 Å². The van der Waals surface area contributed by atoms with Crippen LogP contribution in [-0.2, 0) is 4.79 Å². The van der Waals surface area contributed by atoms with Crippen LogP contribution in [-0.4, -0.2) is 18.4 Å². The van der Waals surface area contributed by atoms with Crippen LogP contribution in [0.3, 0.4) is 0 Å². The topological polar surface area (TPSA) is 84.2 Å². The van der Waals surface area contributed by atoms with Crippen LogP contribution < -0.4 is 16.4 Å². The molecule has 0 bridgehead atoms. The van der Waals surface area contributed by atoms with Crippen LogP contribution in [0.25, 0.3) is 0 Å². The molecule has 2 aromatic carbocycles. The number of carbonyl (C=O) groups excluding carboxylic acids is 2. The van der Waals surface area contributed by atoms with Crippen molar-refractivity contribution < 1.29 is 14.0 Å². The van der Waals surface area contributed by atoms with Crippen molar-refractivity contribution in [2.45, 2.75) is 0 Å². The van der Waals surface area contributed by atoms with E-state index in [0.717, 1.165) is 0 Å². The van der Waals surface area contributed by atoms with Crippen LogP contribution >= 0.6 is 11.6 Å². The zero-order valence-corrected chi connectivity index (χ0v) is 12.2. The van der Waals surface area contributed by atoms with Gasteiger partial charge in [-0.15, -0.1) is 0 Å². The molecule has 0 saturated heterocycles. The molecule has 22 heavy (non-hydrogen) atoms. The van der Waals surface area contributed by atoms with Gasteiger partial charge in [0.2, 0.25) is 11.8 Å². The lowest BCUT2D eigenvalue weighted by Crippen LogP contribution is -2.22. The minimum atomic E-state index is -0.574. The van der Waals surface area contributed by atoms with Crippen molar-refractivity contribution in [3.8, 4) is 0 Å². The summed E-state index contributed by atoms with van der Waals surface area (Å²) in [4.78, 5) is 22.9. The van der Waals surface area contributed by atoms with Crippen molar-refractivity contribution in [3.05, 3.63) is 58.9 Å². The quantitative estimate of drug-likeness (QED) is 0.791. The summed E-state index contributed by atoms with van der Waals surface area (Å²) >= 11 is 5.65. The summed E-state index contributed by atoms with van der Waals surface area (Å²) in [6.07, 6.45) is 0. The molecule has 0 radical (unpaired) electrons. The Labute approximate surface area is 131 Å². The van der Waals surface area contributed by atoms with E-state index in [0.29, 0.717) is 16.9 Å². The number of hydrogen-bond acceptors (Lipinski definition) is 3. The standard InChI is InChI=1S/C15H13ClFN3O2/c16-12-7-10(4-5-13(12)17)19-8-14(21)20-11-3-1-2-9(6-11)15(18)22/h1-7,19H,8H2,(H2,18,22)(H,20,21). The summed E-state index contributed by atoms with van der Waals surface area (Å²) in [5, 5.41) is 5.40. The van der Waals surface area contributed by atoms with E-state index in [4.69, 9.17) is 17.3 Å². The van der Waals surface area contributed by atoms with Gasteiger partial charge >= 0.3 is 0 Å². The Balaban J connectivity index is 1.94. The molecule has 0 heterocycles. The molecule has 0 spiro atoms. The number of rotatable bonds is 5. The van der Waals surface area contributed by atoms with Crippen LogP contribution in [0.2, 0.25) is 5.02 Å². The fourth-order valence-electron chi connectivity index (χ4n) is 1.74. The van der Waals surface area contributed by atoms with Crippen molar-refractivity contribution in [2.75, 3.05) is 17.2 Å². The van der Waals surface area contributed by atoms with E-state index < -0.39 is 11.7 Å². The molecule has 4 N–H and O–H groups in total. The van der Waals surface area contributed by atoms with Crippen molar-refractivity contribution in [3.63, 3.8) is 0 Å². The summed E-state index contributed by atoms with van der Waals surface area (Å²) in [5.41, 5.74) is 6.45. The Bertz CT molecular complexity index is 722. The highest BCUT2D eigenvalue weighted by atomic mass is 35.5. The molecule has 0 atom stereocenters. The fraction of sp³-hybridized carbons (Fsp3) is 0.0667. The molecule has 0 aliphatic carbocycles. The maximum Gasteiger partial charge on any atom is 0.248 e. The van der Waals surface area contributed by atoms with Gasteiger partial charge in [0.05, 0.1) is 11.6 Å². The van der Waals surface area contributed by atoms with Crippen molar-refractivity contribution in [2.24, 2.45) is 5.73 Å². The SMILES string of the molecule is NC(=O)c1cccc(NC(=O)CNc2ccc(F)c(Cl)c2)c1. The molecular formula is C15H13ClFN3O2. The lowest BCUT2D eigenvalue weighted by atomic mass is 10.2. The Morgan fingerprint density at radius 3 is 2.59 bits per heavy atom. The Morgan fingerprint density at radius 2 is 1.91 bits per heavy atom. The summed E-state index contributed by atoms with van der Waals surface area (Å²) in [6.45, 7) is -0.0389. The Morgan fingerprint density at radius 1 is 1.14 bits per heavy atom. The molecular weight excluding hydrogens is 309 g/mol. The van der Waals surface area contributed by atoms with Gasteiger partial charge in [-0.3, -0.25) is 9.59 Å². The zero-order valence-electron chi connectivity index (χ0n) is 11.4. The molecule has 5 nitrogen and oxygen atoms in total. The van der Waals surface area contributed by atoms with Crippen LogP contribution in [0, 0.1) is 5.82 Å². The van der Waals surface area contributed by atoms with Crippen molar-refractivity contribution in [1.29, 1.82) is 0 Å². The summed E-state index contributed by atoms with van der Waals surface area (Å²) in [6, 6.07) is 10.4. The van der Waals surface area contributed by atoms with Gasteiger partial charge in [0.15, 0.2) is 0 Å². The molecule has 0 aromatic heterocycles. The second-order valence-corrected chi connectivity index (χ2v) is 4.88. The fourth-order valence-corrected chi connectivity index (χ4v) is 1.92. The van der Waals surface area contributed by atoms with E-state index in [1.807, 2.05) is 0 Å². The number of hydrogen-bond donors (Lipinski definition) is 3. The predicted molar refractivity (Wildman–Crippen MR) is 83.5 cm³/mol. The van der Waals surface area contributed by atoms with Gasteiger partial charge < -0.3 is 16.4 Å². The third kappa shape index (κ3) is 4.20. The Hall–Kier alpha value is -2.60. The molecule has 0 saturated carbocycles. The first-order valence-electron chi connectivity index (χ1n) is 6.34. The summed E-state index contributed by atoms with van der Waals surface area (Å²) < 4.78 is 13.0. The third-order valence-electron chi connectivity index (χ3n) is 2.80. The van der Waals surface area contributed by atoms with E-state index in [1.165, 1.54) is 24.3 Å². The molecule has 0 fully saturated rings. The maximum atomic E-state index is 13.0. The van der Waals surface area contributed by atoms with Gasteiger partial charge in [0.25, 0.3) is 0 Å². The average Bonchev–Trinajstić information content (AvgIpc) is 2.49. The number of nitrogens with one attached hydrogen (secondary N) is 2. The number of benzene rings is 2. The number of primary amides is 1. The zero-order chi connectivity index (χ0) is 16.1. The summed E-state index contributed by atoms with van der Waals surface area (Å²) in [5.74, 6) is -1.43. The second kappa shape index (κ2) is 6.91. The maximum absolute atomic E-state index is 13.0. The van der Waals surface area contributed by atoms with Crippen LogP contribution in [0.15, 0.2) is 42.5 Å². The van der Waals surface area contributed by atoms with Gasteiger partial charge in [-0.1, -0.05) is 17.7 Å². The van der Waals surface area contributed by atoms with Gasteiger partial charge in [-0.2, -0.15) is 0 Å². The van der Waals surface area contributed by atoms with Crippen molar-refractivity contribution >= 4 is 34.8 Å².